The van der Waals surface area contributed by atoms with Gasteiger partial charge in [0.2, 0.25) is 11.8 Å². The van der Waals surface area contributed by atoms with Gasteiger partial charge in [-0.3, -0.25) is 9.59 Å². The minimum atomic E-state index is -4.50. The van der Waals surface area contributed by atoms with Crippen LogP contribution in [0.3, 0.4) is 0 Å². The van der Waals surface area contributed by atoms with Crippen molar-refractivity contribution >= 4 is 34.9 Å². The minimum Gasteiger partial charge on any atom is -0.355 e. The van der Waals surface area contributed by atoms with E-state index >= 15 is 0 Å². The highest BCUT2D eigenvalue weighted by Crippen LogP contribution is 2.34. The van der Waals surface area contributed by atoms with Gasteiger partial charge in [-0.25, -0.2) is 4.98 Å². The molecule has 3 rings (SSSR count). The van der Waals surface area contributed by atoms with E-state index < -0.39 is 11.7 Å². The third-order valence-corrected chi connectivity index (χ3v) is 5.67. The molecule has 32 heavy (non-hydrogen) atoms. The summed E-state index contributed by atoms with van der Waals surface area (Å²) in [6.45, 7) is 0.920. The van der Waals surface area contributed by atoms with E-state index in [9.17, 15) is 22.8 Å². The van der Waals surface area contributed by atoms with Crippen LogP contribution >= 0.6 is 11.6 Å². The van der Waals surface area contributed by atoms with Crippen molar-refractivity contribution in [3.05, 3.63) is 52.7 Å². The number of anilines is 2. The summed E-state index contributed by atoms with van der Waals surface area (Å²) in [5.41, 5.74) is 0.611. The molecule has 1 N–H and O–H groups in total. The zero-order valence-electron chi connectivity index (χ0n) is 17.7. The molecule has 1 saturated heterocycles. The predicted molar refractivity (Wildman–Crippen MR) is 117 cm³/mol. The van der Waals surface area contributed by atoms with Gasteiger partial charge in [0.25, 0.3) is 0 Å². The van der Waals surface area contributed by atoms with Crippen molar-refractivity contribution in [1.29, 1.82) is 0 Å². The van der Waals surface area contributed by atoms with Crippen LogP contribution in [0.1, 0.15) is 24.0 Å². The largest absolute Gasteiger partial charge is 0.417 e. The molecule has 1 aliphatic heterocycles. The van der Waals surface area contributed by atoms with Crippen molar-refractivity contribution in [2.75, 3.05) is 37.4 Å². The first-order valence-corrected chi connectivity index (χ1v) is 10.5. The summed E-state index contributed by atoms with van der Waals surface area (Å²) in [6, 6.07) is 8.00. The Morgan fingerprint density at radius 1 is 1.19 bits per heavy atom. The maximum atomic E-state index is 12.8. The zero-order chi connectivity index (χ0) is 23.5. The van der Waals surface area contributed by atoms with Crippen LogP contribution in [0, 0.1) is 5.92 Å². The fraction of sp³-hybridized carbons (Fsp3) is 0.409. The second-order valence-electron chi connectivity index (χ2n) is 7.94. The van der Waals surface area contributed by atoms with Crippen LogP contribution in [0.25, 0.3) is 0 Å². The Hall–Kier alpha value is -2.81. The average Bonchev–Trinajstić information content (AvgIpc) is 2.74. The molecule has 2 aromatic rings. The number of carbonyl (C=O) groups excluding carboxylic acids is 2. The molecule has 172 valence electrons. The lowest BCUT2D eigenvalue weighted by Gasteiger charge is -2.32. The zero-order valence-corrected chi connectivity index (χ0v) is 18.5. The van der Waals surface area contributed by atoms with Gasteiger partial charge in [-0.1, -0.05) is 23.7 Å². The summed E-state index contributed by atoms with van der Waals surface area (Å²) in [6.07, 6.45) is -2.38. The summed E-state index contributed by atoms with van der Waals surface area (Å²) in [5.74, 6) is -0.0553. The van der Waals surface area contributed by atoms with Gasteiger partial charge in [-0.2, -0.15) is 13.2 Å². The number of likely N-dealkylation sites (N-methyl/N-ethyl adjacent to an activating group) is 1. The Morgan fingerprint density at radius 3 is 2.34 bits per heavy atom. The Morgan fingerprint density at radius 2 is 1.81 bits per heavy atom. The minimum absolute atomic E-state index is 0.00353. The lowest BCUT2D eigenvalue weighted by Crippen LogP contribution is -2.38. The summed E-state index contributed by atoms with van der Waals surface area (Å²) in [7, 11) is 3.40. The van der Waals surface area contributed by atoms with Gasteiger partial charge in [-0.05, 0) is 36.6 Å². The van der Waals surface area contributed by atoms with Crippen molar-refractivity contribution in [3.63, 3.8) is 0 Å². The van der Waals surface area contributed by atoms with E-state index in [0.29, 0.717) is 43.9 Å². The molecular weight excluding hydrogens is 445 g/mol. The van der Waals surface area contributed by atoms with Gasteiger partial charge in [-0.15, -0.1) is 0 Å². The third-order valence-electron chi connectivity index (χ3n) is 5.39. The highest BCUT2D eigenvalue weighted by atomic mass is 35.5. The molecule has 1 aromatic heterocycles. The standard InChI is InChI=1S/C22H24ClF3N4O2/c1-29(2)19(31)11-14-3-5-17(6-4-14)28-21(32)15-7-9-30(10-8-15)20-18(23)12-16(13-27-20)22(24,25)26/h3-6,12-13,15H,7-11H2,1-2H3,(H,28,32). The Kier molecular flexibility index (Phi) is 7.28. The molecular formula is C22H24ClF3N4O2. The molecule has 0 atom stereocenters. The van der Waals surface area contributed by atoms with Crippen molar-refractivity contribution in [2.24, 2.45) is 5.92 Å². The van der Waals surface area contributed by atoms with E-state index in [-0.39, 0.29) is 22.8 Å². The molecule has 2 heterocycles. The molecule has 0 spiro atoms. The molecule has 0 bridgehead atoms. The monoisotopic (exact) mass is 468 g/mol. The molecule has 0 radical (unpaired) electrons. The van der Waals surface area contributed by atoms with E-state index in [1.54, 1.807) is 43.3 Å². The average molecular weight is 469 g/mol. The van der Waals surface area contributed by atoms with Crippen LogP contribution in [0.4, 0.5) is 24.7 Å². The van der Waals surface area contributed by atoms with Gasteiger partial charge < -0.3 is 15.1 Å². The second kappa shape index (κ2) is 9.77. The van der Waals surface area contributed by atoms with Gasteiger partial charge in [0, 0.05) is 45.0 Å². The van der Waals surface area contributed by atoms with E-state index in [2.05, 4.69) is 10.3 Å². The van der Waals surface area contributed by atoms with Crippen molar-refractivity contribution in [2.45, 2.75) is 25.4 Å². The van der Waals surface area contributed by atoms with Crippen molar-refractivity contribution in [1.82, 2.24) is 9.88 Å². The lowest BCUT2D eigenvalue weighted by atomic mass is 9.95. The van der Waals surface area contributed by atoms with Crippen molar-refractivity contribution in [3.8, 4) is 0 Å². The maximum Gasteiger partial charge on any atom is 0.417 e. The summed E-state index contributed by atoms with van der Waals surface area (Å²) in [5, 5.41) is 2.83. The lowest BCUT2D eigenvalue weighted by molar-refractivity contribution is -0.137. The molecule has 1 aliphatic rings. The fourth-order valence-corrected chi connectivity index (χ4v) is 3.74. The fourth-order valence-electron chi connectivity index (χ4n) is 3.45. The van der Waals surface area contributed by atoms with E-state index in [0.717, 1.165) is 17.8 Å². The number of pyridine rings is 1. The number of alkyl halides is 3. The summed E-state index contributed by atoms with van der Waals surface area (Å²) < 4.78 is 38.4. The smallest absolute Gasteiger partial charge is 0.355 e. The highest BCUT2D eigenvalue weighted by Gasteiger charge is 2.33. The van der Waals surface area contributed by atoms with Crippen molar-refractivity contribution < 1.29 is 22.8 Å². The second-order valence-corrected chi connectivity index (χ2v) is 8.35. The van der Waals surface area contributed by atoms with Crippen LogP contribution in [0.2, 0.25) is 5.02 Å². The first-order chi connectivity index (χ1) is 15.0. The number of benzene rings is 1. The quantitative estimate of drug-likeness (QED) is 0.713. The molecule has 0 saturated carbocycles. The molecule has 6 nitrogen and oxygen atoms in total. The van der Waals surface area contributed by atoms with Crippen LogP contribution in [-0.4, -0.2) is 48.9 Å². The number of hydrogen-bond donors (Lipinski definition) is 1. The first-order valence-electron chi connectivity index (χ1n) is 10.1. The van der Waals surface area contributed by atoms with Gasteiger partial charge in [0.15, 0.2) is 0 Å². The van der Waals surface area contributed by atoms with Gasteiger partial charge >= 0.3 is 6.18 Å². The van der Waals surface area contributed by atoms with Gasteiger partial charge in [0.1, 0.15) is 5.82 Å². The molecule has 0 unspecified atom stereocenters. The van der Waals surface area contributed by atoms with Crippen LogP contribution in [0.15, 0.2) is 36.5 Å². The third kappa shape index (κ3) is 5.91. The maximum absolute atomic E-state index is 12.8. The number of nitrogens with zero attached hydrogens (tertiary/aromatic N) is 3. The number of halogens is 4. The number of nitrogens with one attached hydrogen (secondary N) is 1. The topological polar surface area (TPSA) is 65.5 Å². The normalized spacial score (nSPS) is 14.9. The van der Waals surface area contributed by atoms with E-state index in [4.69, 9.17) is 11.6 Å². The molecule has 1 fully saturated rings. The Bertz CT molecular complexity index is 972. The number of rotatable bonds is 5. The van der Waals surface area contributed by atoms with Gasteiger partial charge in [0.05, 0.1) is 17.0 Å². The molecule has 0 aliphatic carbocycles. The number of aromatic nitrogens is 1. The van der Waals surface area contributed by atoms with Crippen LogP contribution in [-0.2, 0) is 22.2 Å². The highest BCUT2D eigenvalue weighted by molar-refractivity contribution is 6.33. The number of piperidine rings is 1. The molecule has 2 amide bonds. The predicted octanol–water partition coefficient (Wildman–Crippen LogP) is 4.24. The first kappa shape index (κ1) is 23.8. The summed E-state index contributed by atoms with van der Waals surface area (Å²) in [4.78, 5) is 31.6. The van der Waals surface area contributed by atoms with Crippen LogP contribution < -0.4 is 10.2 Å². The molecule has 1 aromatic carbocycles. The van der Waals surface area contributed by atoms with E-state index in [1.165, 1.54) is 4.90 Å². The number of hydrogen-bond acceptors (Lipinski definition) is 4. The Balaban J connectivity index is 1.54. The van der Waals surface area contributed by atoms with Crippen LogP contribution in [0.5, 0.6) is 0 Å². The molecule has 10 heteroatoms. The Labute approximate surface area is 189 Å². The van der Waals surface area contributed by atoms with E-state index in [1.807, 2.05) is 0 Å². The SMILES string of the molecule is CN(C)C(=O)Cc1ccc(NC(=O)C2CCN(c3ncc(C(F)(F)F)cc3Cl)CC2)cc1. The number of carbonyl (C=O) groups is 2. The number of amides is 2. The summed E-state index contributed by atoms with van der Waals surface area (Å²) >= 11 is 6.03.